The predicted octanol–water partition coefficient (Wildman–Crippen LogP) is 4.04. The van der Waals surface area contributed by atoms with Crippen molar-refractivity contribution >= 4 is 45.5 Å². The van der Waals surface area contributed by atoms with E-state index in [0.717, 1.165) is 0 Å². The van der Waals surface area contributed by atoms with Crippen molar-refractivity contribution in [2.75, 3.05) is 0 Å². The van der Waals surface area contributed by atoms with Gasteiger partial charge in [0.15, 0.2) is 5.84 Å². The smallest absolute Gasteiger partial charge is 0.441 e. The molecule has 1 N–H and O–H groups in total. The van der Waals surface area contributed by atoms with Crippen LogP contribution >= 0.6 is 11.8 Å². The number of alkyl halides is 3. The van der Waals surface area contributed by atoms with E-state index < -0.39 is 27.9 Å². The first-order valence-electron chi connectivity index (χ1n) is 8.05. The highest BCUT2D eigenvalue weighted by Crippen LogP contribution is 2.35. The highest BCUT2D eigenvalue weighted by atomic mass is 32.2. The molecule has 0 bridgehead atoms. The van der Waals surface area contributed by atoms with E-state index in [1.807, 2.05) is 0 Å². The van der Waals surface area contributed by atoms with Gasteiger partial charge in [0, 0.05) is 17.7 Å². The van der Waals surface area contributed by atoms with E-state index in [-0.39, 0.29) is 34.0 Å². The summed E-state index contributed by atoms with van der Waals surface area (Å²) in [7, 11) is 0. The minimum absolute atomic E-state index is 0.0928. The molecule has 1 amide bonds. The van der Waals surface area contributed by atoms with Gasteiger partial charge in [-0.2, -0.15) is 28.3 Å². The zero-order valence-corrected chi connectivity index (χ0v) is 15.3. The summed E-state index contributed by atoms with van der Waals surface area (Å²) in [6.07, 6.45) is -3.55. The van der Waals surface area contributed by atoms with Crippen LogP contribution in [0.2, 0.25) is 0 Å². The fraction of sp³-hybridized carbons (Fsp3) is 0.0588. The van der Waals surface area contributed by atoms with Crippen LogP contribution in [0.1, 0.15) is 5.76 Å². The Bertz CT molecular complexity index is 1180. The second-order valence-corrected chi connectivity index (χ2v) is 6.88. The van der Waals surface area contributed by atoms with Crippen molar-refractivity contribution in [2.24, 2.45) is 10.1 Å². The molecule has 30 heavy (non-hydrogen) atoms. The number of nitrogens with zero attached hydrogens (tertiary/aromatic N) is 4. The fourth-order valence-corrected chi connectivity index (χ4v) is 3.34. The van der Waals surface area contributed by atoms with Gasteiger partial charge in [-0.25, -0.2) is 0 Å². The van der Waals surface area contributed by atoms with Gasteiger partial charge in [-0.05, 0) is 42.1 Å². The molecule has 0 unspecified atom stereocenters. The Hall–Kier alpha value is -3.74. The fourth-order valence-electron chi connectivity index (χ4n) is 2.58. The van der Waals surface area contributed by atoms with Crippen LogP contribution < -0.4 is 0 Å². The molecule has 2 aliphatic rings. The summed E-state index contributed by atoms with van der Waals surface area (Å²) in [6, 6.07) is 8.58. The number of carbonyl (C=O) groups excluding carboxylic acids is 1. The number of carbonyl (C=O) groups is 1. The van der Waals surface area contributed by atoms with Gasteiger partial charge in [0.1, 0.15) is 11.5 Å². The number of hydrogen-bond donors (Lipinski definition) is 1. The van der Waals surface area contributed by atoms with Crippen LogP contribution in [0, 0.1) is 15.5 Å². The molecule has 3 heterocycles. The lowest BCUT2D eigenvalue weighted by atomic mass is 10.1. The summed E-state index contributed by atoms with van der Waals surface area (Å²) < 4.78 is 44.1. The van der Waals surface area contributed by atoms with E-state index in [1.165, 1.54) is 36.4 Å². The number of benzene rings is 1. The molecule has 1 aromatic heterocycles. The average molecular weight is 435 g/mol. The van der Waals surface area contributed by atoms with Gasteiger partial charge in [-0.15, -0.1) is 0 Å². The third-order valence-electron chi connectivity index (χ3n) is 3.97. The van der Waals surface area contributed by atoms with E-state index in [4.69, 9.17) is 9.83 Å². The molecule has 0 spiro atoms. The van der Waals surface area contributed by atoms with E-state index in [9.17, 15) is 28.1 Å². The van der Waals surface area contributed by atoms with Crippen molar-refractivity contribution in [3.63, 3.8) is 0 Å². The number of thioether (sulfide) groups is 1. The van der Waals surface area contributed by atoms with E-state index >= 15 is 0 Å². The summed E-state index contributed by atoms with van der Waals surface area (Å²) in [6.45, 7) is 0. The summed E-state index contributed by atoms with van der Waals surface area (Å²) >= 11 is 0.163. The normalized spacial score (nSPS) is 17.8. The van der Waals surface area contributed by atoms with Crippen molar-refractivity contribution in [2.45, 2.75) is 6.18 Å². The monoisotopic (exact) mass is 435 g/mol. The predicted molar refractivity (Wildman–Crippen MR) is 102 cm³/mol. The lowest BCUT2D eigenvalue weighted by Crippen LogP contribution is -2.35. The Kier molecular flexibility index (Phi) is 4.53. The molecule has 0 saturated heterocycles. The second kappa shape index (κ2) is 6.95. The lowest BCUT2D eigenvalue weighted by molar-refractivity contribution is -0.384. The summed E-state index contributed by atoms with van der Waals surface area (Å²) in [5.41, 5.74) is 0.145. The average Bonchev–Trinajstić information content (AvgIpc) is 3.32. The molecule has 2 aliphatic heterocycles. The van der Waals surface area contributed by atoms with Crippen molar-refractivity contribution in [3.05, 3.63) is 57.8 Å². The van der Waals surface area contributed by atoms with Crippen LogP contribution in [0.3, 0.4) is 0 Å². The topological polar surface area (TPSA) is 125 Å². The molecule has 0 radical (unpaired) electrons. The van der Waals surface area contributed by atoms with Crippen LogP contribution in [0.25, 0.3) is 17.4 Å². The Morgan fingerprint density at radius 2 is 1.90 bits per heavy atom. The van der Waals surface area contributed by atoms with Gasteiger partial charge < -0.3 is 4.42 Å². The van der Waals surface area contributed by atoms with Gasteiger partial charge in [-0.3, -0.25) is 20.3 Å². The minimum Gasteiger partial charge on any atom is -0.457 e. The van der Waals surface area contributed by atoms with Gasteiger partial charge >= 0.3 is 6.18 Å². The maximum atomic E-state index is 12.8. The molecule has 9 nitrogen and oxygen atoms in total. The molecule has 1 aromatic carbocycles. The van der Waals surface area contributed by atoms with Crippen LogP contribution in [0.4, 0.5) is 18.9 Å². The highest BCUT2D eigenvalue weighted by molar-refractivity contribution is 8.27. The van der Waals surface area contributed by atoms with E-state index in [0.29, 0.717) is 16.3 Å². The van der Waals surface area contributed by atoms with Crippen LogP contribution in [-0.2, 0) is 4.79 Å². The molecule has 2 aromatic rings. The quantitative estimate of drug-likeness (QED) is 0.441. The number of halogens is 3. The number of amides is 1. The van der Waals surface area contributed by atoms with Crippen molar-refractivity contribution < 1.29 is 27.3 Å². The first-order chi connectivity index (χ1) is 14.1. The number of fused-ring (bicyclic) bond motifs is 1. The van der Waals surface area contributed by atoms with E-state index in [2.05, 4.69) is 10.1 Å². The maximum Gasteiger partial charge on any atom is 0.441 e. The molecule has 152 valence electrons. The minimum atomic E-state index is -4.72. The SMILES string of the molecule is N=C1/C(=C\c2ccc(-c3ccc([N+](=O)[O-])cc3)o2)C(=O)N=C2SC(C(F)(F)F)=NN12. The van der Waals surface area contributed by atoms with Gasteiger partial charge in [0.05, 0.1) is 10.5 Å². The van der Waals surface area contributed by atoms with Gasteiger partial charge in [0.2, 0.25) is 10.2 Å². The number of rotatable bonds is 3. The Morgan fingerprint density at radius 1 is 1.20 bits per heavy atom. The van der Waals surface area contributed by atoms with E-state index in [1.54, 1.807) is 6.07 Å². The number of nitrogens with one attached hydrogen (secondary N) is 1. The zero-order valence-electron chi connectivity index (χ0n) is 14.5. The summed E-state index contributed by atoms with van der Waals surface area (Å²) in [5, 5.41) is 21.2. The molecule has 13 heteroatoms. The molecular formula is C17H8F3N5O4S. The molecule has 0 atom stereocenters. The first-order valence-corrected chi connectivity index (χ1v) is 8.87. The highest BCUT2D eigenvalue weighted by Gasteiger charge is 2.46. The van der Waals surface area contributed by atoms with Crippen LogP contribution in [0.15, 0.2) is 56.5 Å². The van der Waals surface area contributed by atoms with Crippen molar-refractivity contribution in [1.29, 1.82) is 5.41 Å². The van der Waals surface area contributed by atoms with Gasteiger partial charge in [0.25, 0.3) is 11.6 Å². The van der Waals surface area contributed by atoms with Gasteiger partial charge in [-0.1, -0.05) is 0 Å². The number of hydrazone groups is 1. The second-order valence-electron chi connectivity index (χ2n) is 5.93. The number of aliphatic imine (C=N–C) groups is 1. The zero-order chi connectivity index (χ0) is 21.6. The first kappa shape index (κ1) is 19.6. The Morgan fingerprint density at radius 3 is 2.53 bits per heavy atom. The number of non-ortho nitro benzene ring substituents is 1. The third-order valence-corrected chi connectivity index (χ3v) is 4.93. The maximum absolute atomic E-state index is 12.8. The molecule has 4 rings (SSSR count). The number of amidine groups is 2. The standard InChI is InChI=1S/C17H8F3N5O4S/c18-17(19,20)15-23-24-13(21)11(14(26)22-16(24)30-15)7-10-5-6-12(29-10)8-1-3-9(4-2-8)25(27)28/h1-7,21H/b11-7+,21-13?. The lowest BCUT2D eigenvalue weighted by Gasteiger charge is -2.19. The largest absolute Gasteiger partial charge is 0.457 e. The molecule has 0 fully saturated rings. The number of nitro groups is 1. The summed E-state index contributed by atoms with van der Waals surface area (Å²) in [4.78, 5) is 26.0. The Balaban J connectivity index is 1.62. The summed E-state index contributed by atoms with van der Waals surface area (Å²) in [5.74, 6) is -0.984. The van der Waals surface area contributed by atoms with Crippen molar-refractivity contribution in [3.8, 4) is 11.3 Å². The van der Waals surface area contributed by atoms with Crippen LogP contribution in [0.5, 0.6) is 0 Å². The molecular weight excluding hydrogens is 427 g/mol. The molecule has 0 aliphatic carbocycles. The molecule has 0 saturated carbocycles. The number of nitro benzene ring substituents is 1. The number of hydrogen-bond acceptors (Lipinski definition) is 7. The van der Waals surface area contributed by atoms with Crippen LogP contribution in [-0.4, -0.2) is 38.1 Å². The number of furan rings is 1. The third kappa shape index (κ3) is 3.50. The van der Waals surface area contributed by atoms with Crippen molar-refractivity contribution in [1.82, 2.24) is 5.01 Å². The Labute approximate surface area is 169 Å².